The second-order valence-electron chi connectivity index (χ2n) is 6.23. The molecule has 1 aromatic carbocycles. The van der Waals surface area contributed by atoms with Crippen molar-refractivity contribution in [2.75, 3.05) is 19.8 Å². The van der Waals surface area contributed by atoms with E-state index in [1.165, 1.54) is 5.56 Å². The van der Waals surface area contributed by atoms with Crippen LogP contribution in [0.4, 0.5) is 0 Å². The van der Waals surface area contributed by atoms with Crippen LogP contribution in [-0.2, 0) is 14.9 Å². The van der Waals surface area contributed by atoms with Gasteiger partial charge in [0.15, 0.2) is 0 Å². The number of carbonyl (C=O) groups is 1. The van der Waals surface area contributed by atoms with E-state index >= 15 is 0 Å². The van der Waals surface area contributed by atoms with Crippen molar-refractivity contribution in [3.63, 3.8) is 0 Å². The van der Waals surface area contributed by atoms with Gasteiger partial charge in [-0.15, -0.1) is 0 Å². The molecule has 0 aliphatic carbocycles. The molecule has 4 nitrogen and oxygen atoms in total. The minimum absolute atomic E-state index is 0.0812. The number of nitrogens with one attached hydrogen (secondary N) is 1. The summed E-state index contributed by atoms with van der Waals surface area (Å²) in [5, 5.41) is 3.07. The van der Waals surface area contributed by atoms with E-state index in [-0.39, 0.29) is 11.3 Å². The Morgan fingerprint density at radius 3 is 2.72 bits per heavy atom. The van der Waals surface area contributed by atoms with Crippen LogP contribution in [0.2, 0.25) is 0 Å². The molecule has 0 unspecified atom stereocenters. The van der Waals surface area contributed by atoms with Gasteiger partial charge in [-0.3, -0.25) is 9.78 Å². The molecule has 0 saturated carbocycles. The summed E-state index contributed by atoms with van der Waals surface area (Å²) >= 11 is 3.55. The summed E-state index contributed by atoms with van der Waals surface area (Å²) in [5.74, 6) is -0.0855. The predicted molar refractivity (Wildman–Crippen MR) is 102 cm³/mol. The van der Waals surface area contributed by atoms with Gasteiger partial charge < -0.3 is 10.1 Å². The smallest absolute Gasteiger partial charge is 0.244 e. The van der Waals surface area contributed by atoms with Crippen molar-refractivity contribution in [2.45, 2.75) is 18.3 Å². The first-order chi connectivity index (χ1) is 12.2. The number of hydrogen-bond acceptors (Lipinski definition) is 3. The van der Waals surface area contributed by atoms with E-state index < -0.39 is 0 Å². The van der Waals surface area contributed by atoms with E-state index in [0.29, 0.717) is 6.54 Å². The van der Waals surface area contributed by atoms with Crippen molar-refractivity contribution in [3.8, 4) is 0 Å². The van der Waals surface area contributed by atoms with Gasteiger partial charge in [0.25, 0.3) is 0 Å². The van der Waals surface area contributed by atoms with E-state index in [4.69, 9.17) is 4.74 Å². The molecule has 2 aromatic rings. The zero-order valence-electron chi connectivity index (χ0n) is 14.0. The van der Waals surface area contributed by atoms with Crippen LogP contribution in [-0.4, -0.2) is 30.6 Å². The van der Waals surface area contributed by atoms with Crippen LogP contribution in [0.3, 0.4) is 0 Å². The van der Waals surface area contributed by atoms with Crippen LogP contribution >= 0.6 is 15.9 Å². The monoisotopic (exact) mass is 400 g/mol. The lowest BCUT2D eigenvalue weighted by atomic mass is 9.74. The van der Waals surface area contributed by atoms with Crippen LogP contribution in [0.25, 0.3) is 6.08 Å². The quantitative estimate of drug-likeness (QED) is 0.777. The molecule has 1 aliphatic rings. The van der Waals surface area contributed by atoms with Crippen LogP contribution in [0, 0.1) is 0 Å². The third-order valence-corrected chi connectivity index (χ3v) is 5.11. The van der Waals surface area contributed by atoms with E-state index in [9.17, 15) is 4.79 Å². The summed E-state index contributed by atoms with van der Waals surface area (Å²) in [6, 6.07) is 12.1. The van der Waals surface area contributed by atoms with Crippen molar-refractivity contribution in [2.24, 2.45) is 0 Å². The maximum Gasteiger partial charge on any atom is 0.244 e. The number of amides is 1. The Hall–Kier alpha value is -1.98. The largest absolute Gasteiger partial charge is 0.381 e. The molecule has 1 saturated heterocycles. The third kappa shape index (κ3) is 4.77. The number of aromatic nitrogens is 1. The van der Waals surface area contributed by atoms with Gasteiger partial charge in [-0.2, -0.15) is 0 Å². The second-order valence-corrected chi connectivity index (χ2v) is 7.15. The maximum atomic E-state index is 12.2. The van der Waals surface area contributed by atoms with Gasteiger partial charge >= 0.3 is 0 Å². The molecular weight excluding hydrogens is 380 g/mol. The zero-order valence-corrected chi connectivity index (χ0v) is 15.5. The van der Waals surface area contributed by atoms with Gasteiger partial charge in [0, 0.05) is 48.1 Å². The van der Waals surface area contributed by atoms with Gasteiger partial charge in [0.2, 0.25) is 5.91 Å². The molecule has 0 atom stereocenters. The lowest BCUT2D eigenvalue weighted by Crippen LogP contribution is -2.44. The number of rotatable bonds is 5. The summed E-state index contributed by atoms with van der Waals surface area (Å²) in [4.78, 5) is 16.2. The van der Waals surface area contributed by atoms with E-state index in [0.717, 1.165) is 36.1 Å². The van der Waals surface area contributed by atoms with Crippen molar-refractivity contribution in [1.29, 1.82) is 0 Å². The lowest BCUT2D eigenvalue weighted by Gasteiger charge is -2.38. The molecule has 5 heteroatoms. The minimum Gasteiger partial charge on any atom is -0.381 e. The Bertz CT molecular complexity index is 740. The summed E-state index contributed by atoms with van der Waals surface area (Å²) in [6.07, 6.45) is 8.59. The molecule has 3 rings (SSSR count). The summed E-state index contributed by atoms with van der Waals surface area (Å²) < 4.78 is 6.60. The number of pyridine rings is 1. The SMILES string of the molecule is O=C(C=Cc1ccncc1)NCC1(c2cccc(Br)c2)CCOCC1. The Morgan fingerprint density at radius 2 is 2.00 bits per heavy atom. The first-order valence-corrected chi connectivity index (χ1v) is 9.17. The highest BCUT2D eigenvalue weighted by atomic mass is 79.9. The van der Waals surface area contributed by atoms with Crippen molar-refractivity contribution >= 4 is 27.9 Å². The number of nitrogens with zero attached hydrogens (tertiary/aromatic N) is 1. The standard InChI is InChI=1S/C20H21BrN2O2/c21-18-3-1-2-17(14-18)20(8-12-25-13-9-20)15-23-19(24)5-4-16-6-10-22-11-7-16/h1-7,10-11,14H,8-9,12-13,15H2,(H,23,24). The predicted octanol–water partition coefficient (Wildman–Crippen LogP) is 3.72. The van der Waals surface area contributed by atoms with Crippen molar-refractivity contribution in [3.05, 3.63) is 70.5 Å². The van der Waals surface area contributed by atoms with Gasteiger partial charge in [0.05, 0.1) is 0 Å². The molecule has 1 amide bonds. The van der Waals surface area contributed by atoms with Crippen LogP contribution in [0.5, 0.6) is 0 Å². The number of carbonyl (C=O) groups excluding carboxylic acids is 1. The average molecular weight is 401 g/mol. The number of hydrogen-bond donors (Lipinski definition) is 1. The van der Waals surface area contributed by atoms with E-state index in [1.807, 2.05) is 24.3 Å². The molecule has 130 valence electrons. The molecule has 1 aliphatic heterocycles. The highest BCUT2D eigenvalue weighted by Gasteiger charge is 2.34. The fraction of sp³-hybridized carbons (Fsp3) is 0.300. The van der Waals surface area contributed by atoms with Gasteiger partial charge in [0.1, 0.15) is 0 Å². The zero-order chi connectivity index (χ0) is 17.5. The van der Waals surface area contributed by atoms with Crippen LogP contribution < -0.4 is 5.32 Å². The Kier molecular flexibility index (Phi) is 6.00. The summed E-state index contributed by atoms with van der Waals surface area (Å²) in [6.45, 7) is 2.04. The number of halogens is 1. The van der Waals surface area contributed by atoms with Crippen molar-refractivity contribution < 1.29 is 9.53 Å². The Balaban J connectivity index is 1.69. The first-order valence-electron chi connectivity index (χ1n) is 8.38. The fourth-order valence-corrected chi connectivity index (χ4v) is 3.51. The molecule has 0 bridgehead atoms. The highest BCUT2D eigenvalue weighted by Crippen LogP contribution is 2.35. The molecule has 1 fully saturated rings. The number of ether oxygens (including phenoxy) is 1. The molecule has 0 spiro atoms. The topological polar surface area (TPSA) is 51.2 Å². The maximum absolute atomic E-state index is 12.2. The minimum atomic E-state index is -0.0855. The third-order valence-electron chi connectivity index (χ3n) is 4.62. The van der Waals surface area contributed by atoms with Crippen molar-refractivity contribution in [1.82, 2.24) is 10.3 Å². The highest BCUT2D eigenvalue weighted by molar-refractivity contribution is 9.10. The Morgan fingerprint density at radius 1 is 1.24 bits per heavy atom. The molecule has 1 N–H and O–H groups in total. The molecule has 0 radical (unpaired) electrons. The van der Waals surface area contributed by atoms with E-state index in [1.54, 1.807) is 24.5 Å². The molecule has 1 aromatic heterocycles. The van der Waals surface area contributed by atoms with Crippen LogP contribution in [0.1, 0.15) is 24.0 Å². The van der Waals surface area contributed by atoms with Gasteiger partial charge in [-0.05, 0) is 54.3 Å². The molecule has 25 heavy (non-hydrogen) atoms. The number of benzene rings is 1. The van der Waals surface area contributed by atoms with Gasteiger partial charge in [-0.1, -0.05) is 28.1 Å². The molecule has 2 heterocycles. The average Bonchev–Trinajstić information content (AvgIpc) is 2.66. The van der Waals surface area contributed by atoms with E-state index in [2.05, 4.69) is 38.4 Å². The lowest BCUT2D eigenvalue weighted by molar-refractivity contribution is -0.116. The van der Waals surface area contributed by atoms with Crippen LogP contribution in [0.15, 0.2) is 59.3 Å². The summed E-state index contributed by atoms with van der Waals surface area (Å²) in [7, 11) is 0. The first kappa shape index (κ1) is 17.8. The summed E-state index contributed by atoms with van der Waals surface area (Å²) in [5.41, 5.74) is 2.11. The second kappa shape index (κ2) is 8.41. The Labute approximate surface area is 156 Å². The van der Waals surface area contributed by atoms with Gasteiger partial charge in [-0.25, -0.2) is 0 Å². The normalized spacial score (nSPS) is 16.7. The molecular formula is C20H21BrN2O2. The fourth-order valence-electron chi connectivity index (χ4n) is 3.11.